The molecule has 6 rings (SSSR count). The molecule has 0 spiro atoms. The van der Waals surface area contributed by atoms with Crippen molar-refractivity contribution in [1.82, 2.24) is 50.3 Å². The maximum Gasteiger partial charge on any atom is 0.174 e. The quantitative estimate of drug-likeness (QED) is 0.210. The van der Waals surface area contributed by atoms with Crippen molar-refractivity contribution < 1.29 is 38.6 Å². The van der Waals surface area contributed by atoms with E-state index in [0.29, 0.717) is 23.0 Å². The molecule has 0 unspecified atom stereocenters. The average Bonchev–Trinajstić information content (AvgIpc) is 3.64. The van der Waals surface area contributed by atoms with Gasteiger partial charge in [0.25, 0.3) is 0 Å². The molecule has 6 heterocycles. The predicted molar refractivity (Wildman–Crippen MR) is 155 cm³/mol. The van der Waals surface area contributed by atoms with Crippen molar-refractivity contribution in [3.63, 3.8) is 0 Å². The summed E-state index contributed by atoms with van der Waals surface area (Å²) >= 11 is 13.8. The second kappa shape index (κ2) is 14.1. The van der Waals surface area contributed by atoms with Crippen molar-refractivity contribution in [2.75, 3.05) is 0 Å². The number of halogens is 4. The minimum Gasteiger partial charge on any atom is -0.424 e. The number of hydrogen-bond donors (Lipinski definition) is 1. The number of pyridine rings is 4. The summed E-state index contributed by atoms with van der Waals surface area (Å²) in [4.78, 5) is 25.8. The van der Waals surface area contributed by atoms with E-state index < -0.39 is 0 Å². The van der Waals surface area contributed by atoms with Gasteiger partial charge in [-0.05, 0) is 54.4 Å². The van der Waals surface area contributed by atoms with Crippen molar-refractivity contribution in [2.45, 2.75) is 0 Å². The molecule has 0 aliphatic heterocycles. The summed E-state index contributed by atoms with van der Waals surface area (Å²) in [6.45, 7) is 0. The third-order valence-electron chi connectivity index (χ3n) is 4.82. The van der Waals surface area contributed by atoms with E-state index in [-0.39, 0.29) is 38.6 Å². The monoisotopic (exact) mass is 916 g/mol. The van der Waals surface area contributed by atoms with Crippen LogP contribution < -0.4 is 5.10 Å². The van der Waals surface area contributed by atoms with Crippen LogP contribution >= 0.6 is 63.7 Å². The molecule has 0 aliphatic rings. The van der Waals surface area contributed by atoms with Crippen LogP contribution in [0.3, 0.4) is 0 Å². The van der Waals surface area contributed by atoms with Gasteiger partial charge in [0.05, 0.1) is 28.5 Å². The standard InChI is InChI=1S/C12H7Br2N5.C12H6Br2N5.Tb/c2*13-7-1-2-15-9(3-7)10-4-8(14)5-11(18-10)12-16-6-17-19-12;/h1-6H,(H,16,17,19);1-6H;/q;-1;. The molecule has 0 atom stereocenters. The third-order valence-corrected chi connectivity index (χ3v) is 6.72. The molecule has 39 heavy (non-hydrogen) atoms. The Balaban J connectivity index is 0.000000176. The zero-order valence-corrected chi connectivity index (χ0v) is 27.8. The molecule has 0 fully saturated rings. The van der Waals surface area contributed by atoms with Crippen LogP contribution in [0.25, 0.3) is 45.8 Å². The van der Waals surface area contributed by atoms with Crippen molar-refractivity contribution in [3.05, 3.63) is 91.5 Å². The van der Waals surface area contributed by atoms with Gasteiger partial charge in [0.15, 0.2) is 5.82 Å². The molecular weight excluding hydrogens is 907 g/mol. The van der Waals surface area contributed by atoms with Gasteiger partial charge in [-0.15, -0.1) is 0 Å². The SMILES string of the molecule is Brc1ccnc(-c2cc(Br)cc(-c3ncn[n-]3)n2)c1.Brc1ccnc(-c2cc(Br)cc(-c3ncn[nH]3)n2)c1.[Tb]. The molecule has 15 heteroatoms. The largest absolute Gasteiger partial charge is 0.424 e. The van der Waals surface area contributed by atoms with Gasteiger partial charge in [-0.1, -0.05) is 63.7 Å². The van der Waals surface area contributed by atoms with Crippen LogP contribution in [-0.4, -0.2) is 45.2 Å². The van der Waals surface area contributed by atoms with E-state index in [1.165, 1.54) is 12.7 Å². The van der Waals surface area contributed by atoms with Gasteiger partial charge >= 0.3 is 0 Å². The summed E-state index contributed by atoms with van der Waals surface area (Å²) in [6.07, 6.45) is 6.31. The van der Waals surface area contributed by atoms with Crippen LogP contribution in [0.1, 0.15) is 0 Å². The maximum absolute atomic E-state index is 4.54. The summed E-state index contributed by atoms with van der Waals surface area (Å²) < 4.78 is 3.71. The van der Waals surface area contributed by atoms with E-state index in [4.69, 9.17) is 0 Å². The average molecular weight is 920 g/mol. The molecule has 0 aliphatic carbocycles. The fourth-order valence-corrected chi connectivity index (χ4v) is 4.75. The Morgan fingerprint density at radius 1 is 0.564 bits per heavy atom. The van der Waals surface area contributed by atoms with E-state index in [1.807, 2.05) is 48.5 Å². The van der Waals surface area contributed by atoms with E-state index in [0.717, 1.165) is 40.7 Å². The molecule has 0 aromatic carbocycles. The zero-order chi connectivity index (χ0) is 26.5. The number of aromatic nitrogens is 10. The van der Waals surface area contributed by atoms with Gasteiger partial charge in [-0.2, -0.15) is 5.10 Å². The third kappa shape index (κ3) is 8.07. The van der Waals surface area contributed by atoms with E-state index in [2.05, 4.69) is 114 Å². The molecule has 197 valence electrons. The second-order valence-electron chi connectivity index (χ2n) is 7.45. The number of nitrogens with zero attached hydrogens (tertiary/aromatic N) is 9. The summed E-state index contributed by atoms with van der Waals surface area (Å²) in [5.74, 6) is 1.12. The molecular formula is C24H13Br4N10Tb-. The van der Waals surface area contributed by atoms with Crippen molar-refractivity contribution in [2.24, 2.45) is 0 Å². The Labute approximate surface area is 286 Å². The van der Waals surface area contributed by atoms with E-state index >= 15 is 0 Å². The number of H-pyrrole nitrogens is 1. The molecule has 10 nitrogen and oxygen atoms in total. The zero-order valence-electron chi connectivity index (χ0n) is 19.3. The molecule has 6 aromatic rings. The van der Waals surface area contributed by atoms with Gasteiger partial charge in [0.2, 0.25) is 0 Å². The Hall–Kier alpha value is -1.91. The second-order valence-corrected chi connectivity index (χ2v) is 11.1. The van der Waals surface area contributed by atoms with Crippen LogP contribution in [0, 0.1) is 38.6 Å². The van der Waals surface area contributed by atoms with Crippen LogP contribution in [0.4, 0.5) is 0 Å². The molecule has 0 amide bonds. The van der Waals surface area contributed by atoms with Crippen LogP contribution in [0.5, 0.6) is 0 Å². The van der Waals surface area contributed by atoms with Gasteiger partial charge < -0.3 is 10.1 Å². The van der Waals surface area contributed by atoms with Crippen molar-refractivity contribution in [1.29, 1.82) is 0 Å². The minimum atomic E-state index is 0. The summed E-state index contributed by atoms with van der Waals surface area (Å²) in [5.41, 5.74) is 4.44. The van der Waals surface area contributed by atoms with Gasteiger partial charge in [-0.25, -0.2) is 15.0 Å². The van der Waals surface area contributed by atoms with Gasteiger partial charge in [-0.3, -0.25) is 20.2 Å². The van der Waals surface area contributed by atoms with Gasteiger partial charge in [0, 0.05) is 75.2 Å². The maximum atomic E-state index is 4.54. The summed E-state index contributed by atoms with van der Waals surface area (Å²) in [5, 5.41) is 14.2. The first-order valence-corrected chi connectivity index (χ1v) is 13.9. The van der Waals surface area contributed by atoms with Gasteiger partial charge in [0.1, 0.15) is 12.0 Å². The molecule has 0 saturated carbocycles. The molecule has 6 aromatic heterocycles. The molecule has 0 bridgehead atoms. The topological polar surface area (TPSA) is 133 Å². The predicted octanol–water partition coefficient (Wildman–Crippen LogP) is 6.54. The first kappa shape index (κ1) is 30.1. The number of nitrogens with one attached hydrogen (secondary N) is 1. The normalized spacial score (nSPS) is 10.4. The number of aromatic amines is 1. The van der Waals surface area contributed by atoms with E-state index in [9.17, 15) is 0 Å². The fraction of sp³-hybridized carbons (Fsp3) is 0. The molecule has 0 saturated heterocycles. The first-order chi connectivity index (χ1) is 18.4. The number of rotatable bonds is 4. The Morgan fingerprint density at radius 3 is 1.62 bits per heavy atom. The van der Waals surface area contributed by atoms with Crippen molar-refractivity contribution >= 4 is 63.7 Å². The van der Waals surface area contributed by atoms with E-state index in [1.54, 1.807) is 12.4 Å². The van der Waals surface area contributed by atoms with Crippen LogP contribution in [-0.2, 0) is 0 Å². The molecule has 1 N–H and O–H groups in total. The smallest absolute Gasteiger partial charge is 0.174 e. The first-order valence-electron chi connectivity index (χ1n) is 10.7. The minimum absolute atomic E-state index is 0. The Bertz CT molecular complexity index is 1560. The van der Waals surface area contributed by atoms with Crippen LogP contribution in [0.15, 0.2) is 91.5 Å². The fourth-order valence-electron chi connectivity index (χ4n) is 3.22. The molecule has 1 radical (unpaired) electrons. The van der Waals surface area contributed by atoms with Crippen LogP contribution in [0.2, 0.25) is 0 Å². The summed E-state index contributed by atoms with van der Waals surface area (Å²) in [7, 11) is 0. The van der Waals surface area contributed by atoms with Crippen molar-refractivity contribution in [3.8, 4) is 45.8 Å². The number of hydrogen-bond acceptors (Lipinski definition) is 8. The Kier molecular flexibility index (Phi) is 10.9. The Morgan fingerprint density at radius 2 is 1.10 bits per heavy atom. The summed E-state index contributed by atoms with van der Waals surface area (Å²) in [6, 6.07) is 15.1.